The Hall–Kier alpha value is -1.29. The van der Waals surface area contributed by atoms with E-state index in [0.29, 0.717) is 36.7 Å². The molecular formula is C35H52IO7Si2+. The average molecular weight is 768 g/mol. The molecule has 10 heteroatoms. The molecule has 7 unspecified atom stereocenters. The predicted molar refractivity (Wildman–Crippen MR) is 176 cm³/mol. The van der Waals surface area contributed by atoms with Gasteiger partial charge in [0.15, 0.2) is 22.1 Å². The number of fused-ring (bicyclic) bond motifs is 1. The number of aryl methyl sites for hydroxylation is 1. The van der Waals surface area contributed by atoms with Gasteiger partial charge in [-0.25, -0.2) is 4.79 Å². The van der Waals surface area contributed by atoms with Gasteiger partial charge in [-0.15, -0.1) is 0 Å². The number of hydrogen-bond acceptors (Lipinski definition) is 7. The molecule has 0 spiro atoms. The van der Waals surface area contributed by atoms with Gasteiger partial charge in [-0.3, -0.25) is 0 Å². The number of epoxide rings is 1. The molecule has 3 fully saturated rings. The zero-order chi connectivity index (χ0) is 32.0. The van der Waals surface area contributed by atoms with E-state index in [2.05, 4.69) is 63.0 Å². The molecule has 0 radical (unpaired) electrons. The molecule has 2 aliphatic carbocycles. The quantitative estimate of drug-likeness (QED) is 0.128. The van der Waals surface area contributed by atoms with Gasteiger partial charge in [0.2, 0.25) is 0 Å². The number of aliphatic hydroxyl groups excluding tert-OH is 1. The first-order chi connectivity index (χ1) is 21.5. The summed E-state index contributed by atoms with van der Waals surface area (Å²) in [5.41, 5.74) is 1.27. The van der Waals surface area contributed by atoms with Crippen molar-refractivity contribution in [3.8, 4) is 5.75 Å². The first-order valence-electron chi connectivity index (χ1n) is 16.7. The Morgan fingerprint density at radius 2 is 1.53 bits per heavy atom. The molecule has 0 amide bonds. The Morgan fingerprint density at radius 3 is 2.20 bits per heavy atom. The summed E-state index contributed by atoms with van der Waals surface area (Å²) in [5, 5.41) is 10.9. The molecule has 1 heterocycles. The number of aliphatic hydroxyl groups is 1. The second kappa shape index (κ2) is 15.7. The number of benzene rings is 2. The standard InChI is InChI=1S/C35H52IO7Si2/c1-25-6-10-28(11-7-25)36-29-12-14-30(15-13-29)40-24-35(38)42-32-16-8-26(22-31(32)37)18-20-44(3,4)43-45(5,39-2)21-19-27-9-17-33-34(23-27)41-33/h6-7,10-15,26-27,31-34,37H,8-9,16-24H2,1-5H3/q+1. The fourth-order valence-electron chi connectivity index (χ4n) is 6.86. The first kappa shape index (κ1) is 35.0. The number of esters is 1. The van der Waals surface area contributed by atoms with Crippen molar-refractivity contribution in [2.75, 3.05) is 13.7 Å². The highest BCUT2D eigenvalue weighted by molar-refractivity contribution is 6.82. The van der Waals surface area contributed by atoms with Crippen molar-refractivity contribution in [2.24, 2.45) is 11.8 Å². The molecule has 1 N–H and O–H groups in total. The van der Waals surface area contributed by atoms with Crippen LogP contribution in [-0.4, -0.2) is 66.1 Å². The van der Waals surface area contributed by atoms with Crippen LogP contribution < -0.4 is 25.9 Å². The number of ether oxygens (including phenoxy) is 3. The molecule has 7 nitrogen and oxygen atoms in total. The van der Waals surface area contributed by atoms with Crippen LogP contribution in [0.1, 0.15) is 56.9 Å². The number of halogens is 1. The zero-order valence-electron chi connectivity index (χ0n) is 27.6. The van der Waals surface area contributed by atoms with Gasteiger partial charge in [0.25, 0.3) is 0 Å². The number of hydrogen-bond donors (Lipinski definition) is 1. The van der Waals surface area contributed by atoms with Gasteiger partial charge < -0.3 is 27.9 Å². The molecule has 2 aromatic carbocycles. The second-order valence-electron chi connectivity index (χ2n) is 14.1. The maximum Gasteiger partial charge on any atom is 0.357 e. The molecule has 3 aliphatic rings. The molecule has 7 atom stereocenters. The largest absolute Gasteiger partial charge is 0.482 e. The monoisotopic (exact) mass is 767 g/mol. The summed E-state index contributed by atoms with van der Waals surface area (Å²) in [5.74, 6) is 1.36. The van der Waals surface area contributed by atoms with Gasteiger partial charge in [-0.05, 0) is 132 Å². The molecule has 2 aromatic rings. The smallest absolute Gasteiger partial charge is 0.357 e. The molecule has 1 aliphatic heterocycles. The Morgan fingerprint density at radius 1 is 0.889 bits per heavy atom. The van der Waals surface area contributed by atoms with Crippen molar-refractivity contribution in [3.05, 3.63) is 61.2 Å². The lowest BCUT2D eigenvalue weighted by molar-refractivity contribution is -0.597. The van der Waals surface area contributed by atoms with Crippen molar-refractivity contribution in [2.45, 2.75) is 114 Å². The lowest BCUT2D eigenvalue weighted by atomic mass is 9.84. The summed E-state index contributed by atoms with van der Waals surface area (Å²) in [6.45, 7) is 8.79. The van der Waals surface area contributed by atoms with Crippen molar-refractivity contribution >= 4 is 22.8 Å². The summed E-state index contributed by atoms with van der Waals surface area (Å²) in [4.78, 5) is 12.6. The average Bonchev–Trinajstić information content (AvgIpc) is 3.80. The second-order valence-corrected chi connectivity index (χ2v) is 25.1. The van der Waals surface area contributed by atoms with Gasteiger partial charge in [0, 0.05) is 7.11 Å². The highest BCUT2D eigenvalue weighted by atomic mass is 127. The van der Waals surface area contributed by atoms with Crippen LogP contribution in [0.25, 0.3) is 0 Å². The molecular weight excluding hydrogens is 715 g/mol. The Labute approximate surface area is 282 Å². The molecule has 1 saturated heterocycles. The summed E-state index contributed by atoms with van der Waals surface area (Å²) in [6.07, 6.45) is 8.12. The maximum absolute atomic E-state index is 12.6. The van der Waals surface area contributed by atoms with E-state index in [1.54, 1.807) is 0 Å². The maximum atomic E-state index is 12.6. The van der Waals surface area contributed by atoms with Gasteiger partial charge in [0.05, 0.1) is 18.3 Å². The third-order valence-electron chi connectivity index (χ3n) is 9.74. The summed E-state index contributed by atoms with van der Waals surface area (Å²) in [6, 6.07) is 18.7. The van der Waals surface area contributed by atoms with E-state index in [1.807, 2.05) is 19.2 Å². The van der Waals surface area contributed by atoms with Gasteiger partial charge in [0.1, 0.15) is 11.9 Å². The first-order valence-corrected chi connectivity index (χ1v) is 24.5. The lowest BCUT2D eigenvalue weighted by Gasteiger charge is -2.37. The minimum absolute atomic E-state index is 0.159. The highest BCUT2D eigenvalue weighted by Crippen LogP contribution is 2.42. The van der Waals surface area contributed by atoms with Crippen LogP contribution in [0.5, 0.6) is 5.75 Å². The summed E-state index contributed by atoms with van der Waals surface area (Å²) in [7, 11) is -2.34. The number of carbonyl (C=O) groups excluding carboxylic acids is 1. The van der Waals surface area contributed by atoms with Crippen molar-refractivity contribution in [1.82, 2.24) is 0 Å². The molecule has 2 saturated carbocycles. The van der Waals surface area contributed by atoms with E-state index in [1.165, 1.54) is 38.4 Å². The molecule has 45 heavy (non-hydrogen) atoms. The van der Waals surface area contributed by atoms with Crippen molar-refractivity contribution < 1.29 is 53.9 Å². The van der Waals surface area contributed by atoms with Crippen LogP contribution in [0.2, 0.25) is 31.7 Å². The molecule has 0 aromatic heterocycles. The minimum atomic E-state index is -2.23. The van der Waals surface area contributed by atoms with Crippen LogP contribution in [0.15, 0.2) is 48.5 Å². The summed E-state index contributed by atoms with van der Waals surface area (Å²) >= 11 is -0.250. The Kier molecular flexibility index (Phi) is 12.3. The van der Waals surface area contributed by atoms with E-state index >= 15 is 0 Å². The van der Waals surface area contributed by atoms with E-state index in [0.717, 1.165) is 30.8 Å². The Balaban J connectivity index is 0.986. The van der Waals surface area contributed by atoms with Crippen molar-refractivity contribution in [3.63, 3.8) is 0 Å². The van der Waals surface area contributed by atoms with Gasteiger partial charge in [-0.2, -0.15) is 0 Å². The molecule has 0 bridgehead atoms. The van der Waals surface area contributed by atoms with E-state index in [4.69, 9.17) is 22.8 Å². The van der Waals surface area contributed by atoms with Crippen LogP contribution in [0, 0.1) is 25.9 Å². The van der Waals surface area contributed by atoms with E-state index < -0.39 is 35.1 Å². The minimum Gasteiger partial charge on any atom is -0.482 e. The fourth-order valence-corrected chi connectivity index (χ4v) is 17.1. The molecule has 5 rings (SSSR count). The number of carbonyl (C=O) groups is 1. The topological polar surface area (TPSA) is 86.8 Å². The van der Waals surface area contributed by atoms with Crippen molar-refractivity contribution in [1.29, 1.82) is 0 Å². The van der Waals surface area contributed by atoms with E-state index in [-0.39, 0.29) is 27.8 Å². The van der Waals surface area contributed by atoms with Crippen LogP contribution >= 0.6 is 0 Å². The summed E-state index contributed by atoms with van der Waals surface area (Å²) < 4.78 is 32.7. The third-order valence-corrected chi connectivity index (χ3v) is 19.9. The van der Waals surface area contributed by atoms with Crippen LogP contribution in [-0.2, 0) is 22.8 Å². The van der Waals surface area contributed by atoms with Gasteiger partial charge in [-0.1, -0.05) is 24.1 Å². The zero-order valence-corrected chi connectivity index (χ0v) is 31.8. The number of rotatable bonds is 15. The Bertz CT molecular complexity index is 1240. The van der Waals surface area contributed by atoms with Gasteiger partial charge >= 0.3 is 35.7 Å². The van der Waals surface area contributed by atoms with Crippen LogP contribution in [0.4, 0.5) is 0 Å². The fraction of sp³-hybridized carbons (Fsp3) is 0.629. The predicted octanol–water partition coefficient (Wildman–Crippen LogP) is 3.86. The lowest BCUT2D eigenvalue weighted by Crippen LogP contribution is -3.61. The third kappa shape index (κ3) is 10.9. The van der Waals surface area contributed by atoms with E-state index in [9.17, 15) is 9.90 Å². The highest BCUT2D eigenvalue weighted by Gasteiger charge is 2.45. The molecule has 248 valence electrons. The SMILES string of the molecule is CO[Si](C)(CCC1CCC2OC2C1)O[Si](C)(C)CCC1CCC(OC(=O)COc2ccc([I+]c3ccc(C)cc3)cc2)C(O)C1. The van der Waals surface area contributed by atoms with Crippen LogP contribution in [0.3, 0.4) is 0 Å². The normalized spacial score (nSPS) is 27.7.